The molecule has 5 heteroatoms. The van der Waals surface area contributed by atoms with Crippen molar-refractivity contribution in [2.24, 2.45) is 0 Å². The highest BCUT2D eigenvalue weighted by atomic mass is 16.5. The molecule has 0 radical (unpaired) electrons. The number of piperidine rings is 1. The summed E-state index contributed by atoms with van der Waals surface area (Å²) in [6.45, 7) is 2.89. The quantitative estimate of drug-likeness (QED) is 0.772. The van der Waals surface area contributed by atoms with Crippen LogP contribution in [0.4, 0.5) is 0 Å². The first-order valence-corrected chi connectivity index (χ1v) is 9.41. The fraction of sp³-hybridized carbons (Fsp3) is 0.550. The molecule has 25 heavy (non-hydrogen) atoms. The zero-order valence-corrected chi connectivity index (χ0v) is 15.0. The molecule has 1 aromatic carbocycles. The molecule has 1 aliphatic heterocycles. The number of hydrogen-bond acceptors (Lipinski definition) is 4. The van der Waals surface area contributed by atoms with Gasteiger partial charge in [0.25, 0.3) is 0 Å². The zero-order valence-electron chi connectivity index (χ0n) is 15.0. The van der Waals surface area contributed by atoms with Gasteiger partial charge in [-0.1, -0.05) is 42.4 Å². The fourth-order valence-corrected chi connectivity index (χ4v) is 3.50. The third-order valence-corrected chi connectivity index (χ3v) is 4.87. The van der Waals surface area contributed by atoms with Crippen molar-refractivity contribution in [3.8, 4) is 0 Å². The molecule has 0 aliphatic carbocycles. The Balaban J connectivity index is 1.51. The molecular weight excluding hydrogens is 314 g/mol. The molecular formula is C20H27N3O2. The van der Waals surface area contributed by atoms with Crippen molar-refractivity contribution >= 4 is 5.91 Å². The Labute approximate surface area is 149 Å². The lowest BCUT2D eigenvalue weighted by Gasteiger charge is -2.36. The van der Waals surface area contributed by atoms with E-state index >= 15 is 0 Å². The molecule has 1 fully saturated rings. The number of aromatic nitrogens is 2. The van der Waals surface area contributed by atoms with E-state index in [1.165, 1.54) is 12.0 Å². The van der Waals surface area contributed by atoms with Gasteiger partial charge in [-0.2, -0.15) is 4.98 Å². The van der Waals surface area contributed by atoms with E-state index in [0.717, 1.165) is 44.5 Å². The number of likely N-dealkylation sites (tertiary alicyclic amines) is 1. The molecule has 2 aromatic rings. The van der Waals surface area contributed by atoms with Gasteiger partial charge in [0, 0.05) is 31.8 Å². The maximum absolute atomic E-state index is 12.7. The van der Waals surface area contributed by atoms with Crippen molar-refractivity contribution in [1.82, 2.24) is 15.0 Å². The Morgan fingerprint density at radius 1 is 1.28 bits per heavy atom. The lowest BCUT2D eigenvalue weighted by atomic mass is 9.95. The third-order valence-electron chi connectivity index (χ3n) is 4.87. The highest BCUT2D eigenvalue weighted by molar-refractivity contribution is 5.76. The maximum Gasteiger partial charge on any atom is 0.226 e. The summed E-state index contributed by atoms with van der Waals surface area (Å²) in [5.41, 5.74) is 1.31. The average Bonchev–Trinajstić information content (AvgIpc) is 3.11. The summed E-state index contributed by atoms with van der Waals surface area (Å²) in [4.78, 5) is 19.1. The Kier molecular flexibility index (Phi) is 6.20. The molecule has 2 heterocycles. The second kappa shape index (κ2) is 8.79. The molecule has 0 saturated carbocycles. The molecule has 134 valence electrons. The Morgan fingerprint density at radius 2 is 2.12 bits per heavy atom. The summed E-state index contributed by atoms with van der Waals surface area (Å²) in [6.07, 6.45) is 7.14. The monoisotopic (exact) mass is 341 g/mol. The molecule has 1 amide bonds. The predicted molar refractivity (Wildman–Crippen MR) is 96.1 cm³/mol. The lowest BCUT2D eigenvalue weighted by Crippen LogP contribution is -2.44. The van der Waals surface area contributed by atoms with Gasteiger partial charge in [0.1, 0.15) is 0 Å². The first kappa shape index (κ1) is 17.6. The average molecular weight is 341 g/mol. The molecule has 1 saturated heterocycles. The van der Waals surface area contributed by atoms with Crippen LogP contribution >= 0.6 is 0 Å². The van der Waals surface area contributed by atoms with Crippen molar-refractivity contribution < 1.29 is 9.32 Å². The number of hydrogen-bond donors (Lipinski definition) is 0. The van der Waals surface area contributed by atoms with E-state index in [9.17, 15) is 4.79 Å². The van der Waals surface area contributed by atoms with Gasteiger partial charge >= 0.3 is 0 Å². The number of benzene rings is 1. The van der Waals surface area contributed by atoms with Crippen LogP contribution < -0.4 is 0 Å². The van der Waals surface area contributed by atoms with Crippen molar-refractivity contribution in [3.63, 3.8) is 0 Å². The molecule has 5 nitrogen and oxygen atoms in total. The molecule has 0 N–H and O–H groups in total. The summed E-state index contributed by atoms with van der Waals surface area (Å²) < 4.78 is 5.20. The van der Waals surface area contributed by atoms with Crippen LogP contribution in [0.5, 0.6) is 0 Å². The second-order valence-electron chi connectivity index (χ2n) is 6.74. The normalized spacial score (nSPS) is 17.6. The van der Waals surface area contributed by atoms with E-state index in [1.54, 1.807) is 0 Å². The minimum absolute atomic E-state index is 0.260. The summed E-state index contributed by atoms with van der Waals surface area (Å²) >= 11 is 0. The van der Waals surface area contributed by atoms with E-state index in [0.29, 0.717) is 24.8 Å². The number of carbonyl (C=O) groups excluding carboxylic acids is 1. The zero-order chi connectivity index (χ0) is 17.5. The largest absolute Gasteiger partial charge is 0.339 e. The standard InChI is InChI=1S/C20H27N3O2/c1-2-18-21-19(25-22-18)12-8-13-20(24)23-14-7-6-11-17(23)15-16-9-4-3-5-10-16/h3-5,9-10,17H,2,6-8,11-15H2,1H3/t17-/m1/s1. The van der Waals surface area contributed by atoms with Crippen molar-refractivity contribution in [1.29, 1.82) is 0 Å². The number of nitrogens with zero attached hydrogens (tertiary/aromatic N) is 3. The molecule has 1 aromatic heterocycles. The molecule has 0 bridgehead atoms. The van der Waals surface area contributed by atoms with Crippen LogP contribution in [0.1, 0.15) is 56.3 Å². The third kappa shape index (κ3) is 4.91. The Morgan fingerprint density at radius 3 is 2.88 bits per heavy atom. The molecule has 3 rings (SSSR count). The smallest absolute Gasteiger partial charge is 0.226 e. The maximum atomic E-state index is 12.7. The molecule has 0 unspecified atom stereocenters. The van der Waals surface area contributed by atoms with Crippen LogP contribution in [0.25, 0.3) is 0 Å². The van der Waals surface area contributed by atoms with Gasteiger partial charge in [-0.25, -0.2) is 0 Å². The van der Waals surface area contributed by atoms with Crippen molar-refractivity contribution in [3.05, 3.63) is 47.6 Å². The van der Waals surface area contributed by atoms with Crippen LogP contribution in [-0.4, -0.2) is 33.5 Å². The minimum atomic E-state index is 0.260. The first-order chi connectivity index (χ1) is 12.3. The van der Waals surface area contributed by atoms with Gasteiger partial charge in [0.05, 0.1) is 0 Å². The van der Waals surface area contributed by atoms with Gasteiger partial charge < -0.3 is 9.42 Å². The molecule has 1 aliphatic rings. The van der Waals surface area contributed by atoms with Gasteiger partial charge in [-0.3, -0.25) is 4.79 Å². The van der Waals surface area contributed by atoms with Crippen LogP contribution in [0.3, 0.4) is 0 Å². The Bertz CT molecular complexity index is 669. The summed E-state index contributed by atoms with van der Waals surface area (Å²) in [5, 5.41) is 3.90. The van der Waals surface area contributed by atoms with Gasteiger partial charge in [0.2, 0.25) is 11.8 Å². The van der Waals surface area contributed by atoms with Crippen molar-refractivity contribution in [2.45, 2.75) is 64.3 Å². The summed E-state index contributed by atoms with van der Waals surface area (Å²) in [5.74, 6) is 1.64. The van der Waals surface area contributed by atoms with Crippen LogP contribution in [-0.2, 0) is 24.1 Å². The topological polar surface area (TPSA) is 59.2 Å². The van der Waals surface area contributed by atoms with E-state index in [2.05, 4.69) is 39.3 Å². The Hall–Kier alpha value is -2.17. The summed E-state index contributed by atoms with van der Waals surface area (Å²) in [6, 6.07) is 10.8. The predicted octanol–water partition coefficient (Wildman–Crippen LogP) is 3.58. The first-order valence-electron chi connectivity index (χ1n) is 9.41. The number of amides is 1. The summed E-state index contributed by atoms with van der Waals surface area (Å²) in [7, 11) is 0. The van der Waals surface area contributed by atoms with Crippen LogP contribution in [0, 0.1) is 0 Å². The molecule has 0 spiro atoms. The molecule has 1 atom stereocenters. The highest BCUT2D eigenvalue weighted by Crippen LogP contribution is 2.22. The van der Waals surface area contributed by atoms with Gasteiger partial charge in [0.15, 0.2) is 5.82 Å². The van der Waals surface area contributed by atoms with Crippen molar-refractivity contribution in [2.75, 3.05) is 6.54 Å². The minimum Gasteiger partial charge on any atom is -0.339 e. The number of carbonyl (C=O) groups is 1. The van der Waals surface area contributed by atoms with E-state index in [-0.39, 0.29) is 5.91 Å². The van der Waals surface area contributed by atoms with Gasteiger partial charge in [-0.15, -0.1) is 0 Å². The highest BCUT2D eigenvalue weighted by Gasteiger charge is 2.26. The van der Waals surface area contributed by atoms with Crippen LogP contribution in [0.2, 0.25) is 0 Å². The van der Waals surface area contributed by atoms with E-state index in [4.69, 9.17) is 4.52 Å². The lowest BCUT2D eigenvalue weighted by molar-refractivity contribution is -0.134. The van der Waals surface area contributed by atoms with Crippen LogP contribution in [0.15, 0.2) is 34.9 Å². The number of rotatable bonds is 7. The fourth-order valence-electron chi connectivity index (χ4n) is 3.50. The van der Waals surface area contributed by atoms with E-state index in [1.807, 2.05) is 13.0 Å². The SMILES string of the molecule is CCc1noc(CCCC(=O)N2CCCC[C@@H]2Cc2ccccc2)n1. The van der Waals surface area contributed by atoms with E-state index < -0.39 is 0 Å². The van der Waals surface area contributed by atoms with Gasteiger partial charge in [-0.05, 0) is 37.7 Å². The number of aryl methyl sites for hydroxylation is 2. The second-order valence-corrected chi connectivity index (χ2v) is 6.74.